The quantitative estimate of drug-likeness (QED) is 0.717. The predicted molar refractivity (Wildman–Crippen MR) is 56.0 cm³/mol. The lowest BCUT2D eigenvalue weighted by atomic mass is 10.1. The first-order valence-electron chi connectivity index (χ1n) is 4.72. The molecule has 0 saturated heterocycles. The number of anilines is 1. The highest BCUT2D eigenvalue weighted by molar-refractivity contribution is 5.56. The van der Waals surface area contributed by atoms with Crippen LogP contribution in [0, 0.1) is 11.3 Å². The maximum absolute atomic E-state index is 9.45. The molecule has 74 valence electrons. The summed E-state index contributed by atoms with van der Waals surface area (Å²) in [7, 11) is 0. The number of phenols is 1. The van der Waals surface area contributed by atoms with E-state index in [-0.39, 0.29) is 11.8 Å². The van der Waals surface area contributed by atoms with E-state index in [9.17, 15) is 5.11 Å². The standard InChI is InChI=1S/C11H14N2O/c1-2-5-9(8-12)13-10-6-3-4-7-11(10)14/h3-4,6-7,9,13-14H,2,5H2,1H3. The molecule has 14 heavy (non-hydrogen) atoms. The van der Waals surface area contributed by atoms with Crippen LogP contribution in [0.5, 0.6) is 5.75 Å². The van der Waals surface area contributed by atoms with Crippen molar-refractivity contribution in [2.75, 3.05) is 5.32 Å². The number of phenolic OH excluding ortho intramolecular Hbond substituents is 1. The molecule has 0 amide bonds. The van der Waals surface area contributed by atoms with Crippen molar-refractivity contribution >= 4 is 5.69 Å². The Morgan fingerprint density at radius 3 is 2.79 bits per heavy atom. The van der Waals surface area contributed by atoms with Crippen LogP contribution >= 0.6 is 0 Å². The van der Waals surface area contributed by atoms with Crippen LogP contribution in [0.1, 0.15) is 19.8 Å². The Hall–Kier alpha value is -1.69. The van der Waals surface area contributed by atoms with Crippen molar-refractivity contribution in [3.05, 3.63) is 24.3 Å². The smallest absolute Gasteiger partial charge is 0.138 e. The van der Waals surface area contributed by atoms with Gasteiger partial charge in [0, 0.05) is 0 Å². The fourth-order valence-corrected chi connectivity index (χ4v) is 1.24. The fraction of sp³-hybridized carbons (Fsp3) is 0.364. The van der Waals surface area contributed by atoms with Gasteiger partial charge in [0.25, 0.3) is 0 Å². The Balaban J connectivity index is 2.68. The van der Waals surface area contributed by atoms with Gasteiger partial charge in [0.2, 0.25) is 0 Å². The summed E-state index contributed by atoms with van der Waals surface area (Å²) in [5.74, 6) is 0.184. The summed E-state index contributed by atoms with van der Waals surface area (Å²) in [6, 6.07) is 8.86. The molecular formula is C11H14N2O. The van der Waals surface area contributed by atoms with Gasteiger partial charge in [-0.3, -0.25) is 0 Å². The minimum Gasteiger partial charge on any atom is -0.506 e. The van der Waals surface area contributed by atoms with Crippen molar-refractivity contribution in [1.82, 2.24) is 0 Å². The molecule has 0 aliphatic rings. The third-order valence-electron chi connectivity index (χ3n) is 1.97. The second-order valence-electron chi connectivity index (χ2n) is 3.13. The number of nitriles is 1. The van der Waals surface area contributed by atoms with Crippen molar-refractivity contribution in [2.45, 2.75) is 25.8 Å². The average Bonchev–Trinajstić information content (AvgIpc) is 2.20. The first-order chi connectivity index (χ1) is 6.77. The maximum Gasteiger partial charge on any atom is 0.138 e. The lowest BCUT2D eigenvalue weighted by Crippen LogP contribution is -2.16. The number of nitrogens with one attached hydrogen (secondary N) is 1. The summed E-state index contributed by atoms with van der Waals surface area (Å²) in [6.07, 6.45) is 1.73. The number of rotatable bonds is 4. The van der Waals surface area contributed by atoms with Gasteiger partial charge in [-0.25, -0.2) is 0 Å². The molecule has 3 nitrogen and oxygen atoms in total. The molecule has 0 aromatic heterocycles. The van der Waals surface area contributed by atoms with E-state index >= 15 is 0 Å². The molecule has 1 rings (SSSR count). The zero-order valence-electron chi connectivity index (χ0n) is 8.20. The SMILES string of the molecule is CCCC(C#N)Nc1ccccc1O. The Labute approximate surface area is 84.0 Å². The van der Waals surface area contributed by atoms with Gasteiger partial charge in [0.05, 0.1) is 11.8 Å². The summed E-state index contributed by atoms with van der Waals surface area (Å²) < 4.78 is 0. The molecule has 0 aliphatic heterocycles. The van der Waals surface area contributed by atoms with E-state index in [1.165, 1.54) is 0 Å². The minimum atomic E-state index is -0.228. The van der Waals surface area contributed by atoms with E-state index in [1.54, 1.807) is 18.2 Å². The molecule has 3 heteroatoms. The van der Waals surface area contributed by atoms with E-state index < -0.39 is 0 Å². The Bertz CT molecular complexity index is 330. The van der Waals surface area contributed by atoms with Gasteiger partial charge in [-0.1, -0.05) is 25.5 Å². The van der Waals surface area contributed by atoms with E-state index in [1.807, 2.05) is 13.0 Å². The molecule has 1 atom stereocenters. The largest absolute Gasteiger partial charge is 0.506 e. The first-order valence-corrected chi connectivity index (χ1v) is 4.72. The average molecular weight is 190 g/mol. The van der Waals surface area contributed by atoms with Gasteiger partial charge in [0.15, 0.2) is 0 Å². The predicted octanol–water partition coefficient (Wildman–Crippen LogP) is 2.50. The Kier molecular flexibility index (Phi) is 3.81. The van der Waals surface area contributed by atoms with Crippen LogP contribution in [0.25, 0.3) is 0 Å². The lowest BCUT2D eigenvalue weighted by Gasteiger charge is -2.12. The second-order valence-corrected chi connectivity index (χ2v) is 3.13. The molecule has 0 radical (unpaired) electrons. The van der Waals surface area contributed by atoms with Crippen LogP contribution in [0.15, 0.2) is 24.3 Å². The molecule has 0 fully saturated rings. The van der Waals surface area contributed by atoms with Crippen LogP contribution in [-0.2, 0) is 0 Å². The summed E-state index contributed by atoms with van der Waals surface area (Å²) in [4.78, 5) is 0. The molecule has 0 saturated carbocycles. The molecule has 0 heterocycles. The highest BCUT2D eigenvalue weighted by Gasteiger charge is 2.07. The molecule has 1 aromatic rings. The van der Waals surface area contributed by atoms with Crippen molar-refractivity contribution in [3.8, 4) is 11.8 Å². The monoisotopic (exact) mass is 190 g/mol. The number of para-hydroxylation sites is 2. The van der Waals surface area contributed by atoms with Crippen molar-refractivity contribution in [2.24, 2.45) is 0 Å². The number of nitrogens with zero attached hydrogens (tertiary/aromatic N) is 1. The number of benzene rings is 1. The molecule has 2 N–H and O–H groups in total. The van der Waals surface area contributed by atoms with Crippen molar-refractivity contribution < 1.29 is 5.11 Å². The van der Waals surface area contributed by atoms with Crippen LogP contribution < -0.4 is 5.32 Å². The van der Waals surface area contributed by atoms with Crippen LogP contribution in [0.2, 0.25) is 0 Å². The molecule has 1 aromatic carbocycles. The molecule has 0 aliphatic carbocycles. The second kappa shape index (κ2) is 5.13. The molecule has 0 spiro atoms. The van der Waals surface area contributed by atoms with Gasteiger partial charge in [-0.2, -0.15) is 5.26 Å². The van der Waals surface area contributed by atoms with Crippen molar-refractivity contribution in [1.29, 1.82) is 5.26 Å². The van der Waals surface area contributed by atoms with Gasteiger partial charge in [0.1, 0.15) is 11.8 Å². The van der Waals surface area contributed by atoms with Crippen LogP contribution in [0.3, 0.4) is 0 Å². The zero-order chi connectivity index (χ0) is 10.4. The van der Waals surface area contributed by atoms with Crippen LogP contribution in [-0.4, -0.2) is 11.1 Å². The van der Waals surface area contributed by atoms with Crippen LogP contribution in [0.4, 0.5) is 5.69 Å². The summed E-state index contributed by atoms with van der Waals surface area (Å²) in [5.41, 5.74) is 0.618. The van der Waals surface area contributed by atoms with Gasteiger partial charge in [-0.05, 0) is 18.6 Å². The number of hydrogen-bond donors (Lipinski definition) is 2. The van der Waals surface area contributed by atoms with Crippen molar-refractivity contribution in [3.63, 3.8) is 0 Å². The number of aromatic hydroxyl groups is 1. The van der Waals surface area contributed by atoms with E-state index in [0.717, 1.165) is 12.8 Å². The van der Waals surface area contributed by atoms with E-state index in [2.05, 4.69) is 11.4 Å². The van der Waals surface area contributed by atoms with Gasteiger partial charge >= 0.3 is 0 Å². The summed E-state index contributed by atoms with van der Waals surface area (Å²) >= 11 is 0. The summed E-state index contributed by atoms with van der Waals surface area (Å²) in [5, 5.41) is 21.3. The summed E-state index contributed by atoms with van der Waals surface area (Å²) in [6.45, 7) is 2.02. The van der Waals surface area contributed by atoms with E-state index in [0.29, 0.717) is 5.69 Å². The third kappa shape index (κ3) is 2.67. The zero-order valence-corrected chi connectivity index (χ0v) is 8.20. The fourth-order valence-electron chi connectivity index (χ4n) is 1.24. The van der Waals surface area contributed by atoms with Gasteiger partial charge < -0.3 is 10.4 Å². The number of hydrogen-bond acceptors (Lipinski definition) is 3. The minimum absolute atomic E-state index is 0.184. The van der Waals surface area contributed by atoms with Gasteiger partial charge in [-0.15, -0.1) is 0 Å². The maximum atomic E-state index is 9.45. The third-order valence-corrected chi connectivity index (χ3v) is 1.97. The Morgan fingerprint density at radius 1 is 1.50 bits per heavy atom. The normalized spacial score (nSPS) is 11.7. The topological polar surface area (TPSA) is 56.0 Å². The molecular weight excluding hydrogens is 176 g/mol. The highest BCUT2D eigenvalue weighted by atomic mass is 16.3. The highest BCUT2D eigenvalue weighted by Crippen LogP contribution is 2.22. The Morgan fingerprint density at radius 2 is 2.21 bits per heavy atom. The molecule has 1 unspecified atom stereocenters. The lowest BCUT2D eigenvalue weighted by molar-refractivity contribution is 0.476. The molecule has 0 bridgehead atoms. The van der Waals surface area contributed by atoms with E-state index in [4.69, 9.17) is 5.26 Å². The first kappa shape index (κ1) is 10.4.